The predicted octanol–water partition coefficient (Wildman–Crippen LogP) is 5.25. The van der Waals surface area contributed by atoms with Gasteiger partial charge in [-0.15, -0.1) is 16.8 Å². The smallest absolute Gasteiger partial charge is 0.251 e. The van der Waals surface area contributed by atoms with Crippen molar-refractivity contribution in [2.75, 3.05) is 11.1 Å². The molecular formula is C27H33N5O2S. The molecule has 0 bridgehead atoms. The van der Waals surface area contributed by atoms with E-state index >= 15 is 0 Å². The second-order valence-corrected chi connectivity index (χ2v) is 9.85. The molecule has 1 atom stereocenters. The highest BCUT2D eigenvalue weighted by Gasteiger charge is 2.26. The molecule has 0 spiro atoms. The van der Waals surface area contributed by atoms with Crippen LogP contribution in [0.3, 0.4) is 0 Å². The Labute approximate surface area is 211 Å². The average Bonchev–Trinajstić information content (AvgIpc) is 3.21. The normalized spacial score (nSPS) is 11.8. The van der Waals surface area contributed by atoms with Crippen molar-refractivity contribution in [1.29, 1.82) is 0 Å². The van der Waals surface area contributed by atoms with Crippen molar-refractivity contribution in [3.63, 3.8) is 0 Å². The van der Waals surface area contributed by atoms with Gasteiger partial charge in [0.1, 0.15) is 0 Å². The molecule has 2 aromatic carbocycles. The van der Waals surface area contributed by atoms with E-state index in [1.54, 1.807) is 18.2 Å². The topological polar surface area (TPSA) is 88.9 Å². The summed E-state index contributed by atoms with van der Waals surface area (Å²) in [5.41, 5.74) is 4.66. The first-order valence-corrected chi connectivity index (χ1v) is 12.6. The van der Waals surface area contributed by atoms with E-state index in [0.717, 1.165) is 22.4 Å². The minimum atomic E-state index is -0.351. The van der Waals surface area contributed by atoms with Gasteiger partial charge in [0.15, 0.2) is 11.0 Å². The van der Waals surface area contributed by atoms with Gasteiger partial charge in [0.2, 0.25) is 5.91 Å². The van der Waals surface area contributed by atoms with Gasteiger partial charge in [-0.05, 0) is 49.9 Å². The molecule has 0 aliphatic heterocycles. The number of amides is 2. The fraction of sp³-hybridized carbons (Fsp3) is 0.333. The number of nitrogens with one attached hydrogen (secondary N) is 2. The quantitative estimate of drug-likeness (QED) is 0.299. The van der Waals surface area contributed by atoms with E-state index in [2.05, 4.69) is 39.5 Å². The van der Waals surface area contributed by atoms with E-state index in [-0.39, 0.29) is 29.5 Å². The van der Waals surface area contributed by atoms with Gasteiger partial charge in [-0.3, -0.25) is 9.59 Å². The van der Waals surface area contributed by atoms with Crippen molar-refractivity contribution in [1.82, 2.24) is 20.1 Å². The van der Waals surface area contributed by atoms with Gasteiger partial charge in [-0.25, -0.2) is 0 Å². The van der Waals surface area contributed by atoms with Gasteiger partial charge in [0.05, 0.1) is 11.8 Å². The molecule has 7 nitrogen and oxygen atoms in total. The number of rotatable bonds is 10. The molecule has 2 N–H and O–H groups in total. The Morgan fingerprint density at radius 3 is 2.34 bits per heavy atom. The molecular weight excluding hydrogens is 458 g/mol. The Balaban J connectivity index is 1.76. The van der Waals surface area contributed by atoms with E-state index in [0.29, 0.717) is 23.1 Å². The Morgan fingerprint density at radius 1 is 1.09 bits per heavy atom. The highest BCUT2D eigenvalue weighted by Crippen LogP contribution is 2.27. The number of benzene rings is 2. The minimum Gasteiger partial charge on any atom is -0.342 e. The fourth-order valence-corrected chi connectivity index (χ4v) is 4.72. The molecule has 0 saturated heterocycles. The third-order valence-corrected chi connectivity index (χ3v) is 6.57. The number of aromatic nitrogens is 3. The average molecular weight is 492 g/mol. The number of anilines is 1. The van der Waals surface area contributed by atoms with Crippen LogP contribution in [-0.2, 0) is 11.3 Å². The van der Waals surface area contributed by atoms with Crippen LogP contribution in [0.5, 0.6) is 0 Å². The molecule has 35 heavy (non-hydrogen) atoms. The molecule has 3 rings (SSSR count). The van der Waals surface area contributed by atoms with Crippen LogP contribution in [0.1, 0.15) is 52.8 Å². The molecule has 1 heterocycles. The number of carbonyl (C=O) groups excluding carboxylic acids is 2. The van der Waals surface area contributed by atoms with E-state index in [9.17, 15) is 9.59 Å². The zero-order valence-corrected chi connectivity index (χ0v) is 21.8. The van der Waals surface area contributed by atoms with E-state index < -0.39 is 0 Å². The lowest BCUT2D eigenvalue weighted by Gasteiger charge is -2.22. The maximum Gasteiger partial charge on any atom is 0.251 e. The Morgan fingerprint density at radius 2 is 1.74 bits per heavy atom. The van der Waals surface area contributed by atoms with Crippen molar-refractivity contribution in [3.8, 4) is 0 Å². The van der Waals surface area contributed by atoms with Crippen molar-refractivity contribution < 1.29 is 9.59 Å². The zero-order chi connectivity index (χ0) is 25.5. The standard InChI is InChI=1S/C27H33N5O2S/c1-7-13-32-25(23(17(2)3)29-26(34)21-11-9-8-10-12-21)30-31-27(32)35-16-22(33)28-24-19(5)14-18(4)15-20(24)6/h7-12,14-15,17,23H,1,13,16H2,2-6H3,(H,28,33)(H,29,34)/t23-/m1/s1. The van der Waals surface area contributed by atoms with Gasteiger partial charge in [0, 0.05) is 17.8 Å². The molecule has 2 amide bonds. The van der Waals surface area contributed by atoms with Gasteiger partial charge >= 0.3 is 0 Å². The van der Waals surface area contributed by atoms with Gasteiger partial charge in [-0.1, -0.05) is 67.6 Å². The monoisotopic (exact) mass is 491 g/mol. The maximum absolute atomic E-state index is 12.8. The summed E-state index contributed by atoms with van der Waals surface area (Å²) in [6.07, 6.45) is 1.76. The lowest BCUT2D eigenvalue weighted by atomic mass is 10.0. The molecule has 0 fully saturated rings. The van der Waals surface area contributed by atoms with E-state index in [1.165, 1.54) is 11.8 Å². The molecule has 0 radical (unpaired) electrons. The first-order chi connectivity index (χ1) is 16.7. The summed E-state index contributed by atoms with van der Waals surface area (Å²) in [6.45, 7) is 14.4. The number of allylic oxidation sites excluding steroid dienone is 1. The molecule has 1 aromatic heterocycles. The minimum absolute atomic E-state index is 0.0732. The molecule has 0 aliphatic rings. The lowest BCUT2D eigenvalue weighted by molar-refractivity contribution is -0.113. The summed E-state index contributed by atoms with van der Waals surface area (Å²) in [4.78, 5) is 25.6. The van der Waals surface area contributed by atoms with Crippen LogP contribution in [0.4, 0.5) is 5.69 Å². The van der Waals surface area contributed by atoms with Crippen molar-refractivity contribution in [2.24, 2.45) is 5.92 Å². The number of nitrogens with zero attached hydrogens (tertiary/aromatic N) is 3. The van der Waals surface area contributed by atoms with Crippen LogP contribution < -0.4 is 10.6 Å². The van der Waals surface area contributed by atoms with Crippen molar-refractivity contribution in [3.05, 3.63) is 83.2 Å². The number of carbonyl (C=O) groups is 2. The van der Waals surface area contributed by atoms with E-state index in [1.807, 2.05) is 57.4 Å². The first kappa shape index (κ1) is 26.2. The Hall–Kier alpha value is -3.39. The second kappa shape index (κ2) is 11.8. The highest BCUT2D eigenvalue weighted by atomic mass is 32.2. The summed E-state index contributed by atoms with van der Waals surface area (Å²) < 4.78 is 1.91. The number of hydrogen-bond acceptors (Lipinski definition) is 5. The van der Waals surface area contributed by atoms with Crippen molar-refractivity contribution >= 4 is 29.3 Å². The third-order valence-electron chi connectivity index (χ3n) is 5.60. The predicted molar refractivity (Wildman–Crippen MR) is 142 cm³/mol. The summed E-state index contributed by atoms with van der Waals surface area (Å²) in [7, 11) is 0. The first-order valence-electron chi connectivity index (χ1n) is 11.6. The molecule has 0 unspecified atom stereocenters. The fourth-order valence-electron chi connectivity index (χ4n) is 3.96. The van der Waals surface area contributed by atoms with Crippen LogP contribution >= 0.6 is 11.8 Å². The van der Waals surface area contributed by atoms with Crippen LogP contribution in [0, 0.1) is 26.7 Å². The molecule has 0 saturated carbocycles. The Kier molecular flexibility index (Phi) is 8.87. The van der Waals surface area contributed by atoms with Crippen LogP contribution in [0.2, 0.25) is 0 Å². The lowest BCUT2D eigenvalue weighted by Crippen LogP contribution is -2.33. The second-order valence-electron chi connectivity index (χ2n) is 8.91. The van der Waals surface area contributed by atoms with Crippen molar-refractivity contribution in [2.45, 2.75) is 52.4 Å². The van der Waals surface area contributed by atoms with Gasteiger partial charge < -0.3 is 15.2 Å². The van der Waals surface area contributed by atoms with Gasteiger partial charge in [0.25, 0.3) is 5.91 Å². The summed E-state index contributed by atoms with van der Waals surface area (Å²) in [6, 6.07) is 12.8. The highest BCUT2D eigenvalue weighted by molar-refractivity contribution is 7.99. The number of hydrogen-bond donors (Lipinski definition) is 2. The largest absolute Gasteiger partial charge is 0.342 e. The van der Waals surface area contributed by atoms with Crippen LogP contribution in [0.25, 0.3) is 0 Å². The Bertz CT molecular complexity index is 1180. The summed E-state index contributed by atoms with van der Waals surface area (Å²) >= 11 is 1.31. The number of aryl methyl sites for hydroxylation is 3. The van der Waals surface area contributed by atoms with Gasteiger partial charge in [-0.2, -0.15) is 0 Å². The van der Waals surface area contributed by atoms with Crippen LogP contribution in [-0.4, -0.2) is 32.3 Å². The molecule has 8 heteroatoms. The molecule has 184 valence electrons. The number of thioether (sulfide) groups is 1. The SMILES string of the molecule is C=CCn1c(SCC(=O)Nc2c(C)cc(C)cc2C)nnc1[C@H](NC(=O)c1ccccc1)C(C)C. The third kappa shape index (κ3) is 6.60. The zero-order valence-electron chi connectivity index (χ0n) is 21.0. The van der Waals surface area contributed by atoms with Crippen LogP contribution in [0.15, 0.2) is 60.3 Å². The molecule has 0 aliphatic carbocycles. The summed E-state index contributed by atoms with van der Waals surface area (Å²) in [5, 5.41) is 15.5. The molecule has 3 aromatic rings. The summed E-state index contributed by atoms with van der Waals surface area (Å²) in [5.74, 6) is 0.610. The van der Waals surface area contributed by atoms with E-state index in [4.69, 9.17) is 0 Å². The maximum atomic E-state index is 12.8.